The summed E-state index contributed by atoms with van der Waals surface area (Å²) in [6, 6.07) is 4.06. The maximum Gasteiger partial charge on any atom is 0.490 e. The molecule has 0 saturated heterocycles. The molecule has 0 bridgehead atoms. The highest BCUT2D eigenvalue weighted by atomic mass is 32.1. The van der Waals surface area contributed by atoms with E-state index in [-0.39, 0.29) is 0 Å². The molecular formula is C20H20F6N4O5S. The lowest BCUT2D eigenvalue weighted by Gasteiger charge is -2.25. The number of carboxylic acids is 2. The van der Waals surface area contributed by atoms with E-state index >= 15 is 0 Å². The highest BCUT2D eigenvalue weighted by Gasteiger charge is 2.38. The molecule has 4 rings (SSSR count). The van der Waals surface area contributed by atoms with Crippen LogP contribution in [0.25, 0.3) is 0 Å². The van der Waals surface area contributed by atoms with Crippen molar-refractivity contribution in [2.45, 2.75) is 45.3 Å². The number of hydrogen-bond donors (Lipinski definition) is 2. The monoisotopic (exact) mass is 542 g/mol. The van der Waals surface area contributed by atoms with Crippen molar-refractivity contribution in [2.24, 2.45) is 0 Å². The zero-order valence-electron chi connectivity index (χ0n) is 18.5. The van der Waals surface area contributed by atoms with Crippen LogP contribution in [0.1, 0.15) is 27.7 Å². The molecule has 0 radical (unpaired) electrons. The Balaban J connectivity index is 0.000000271. The van der Waals surface area contributed by atoms with Gasteiger partial charge in [0.1, 0.15) is 11.5 Å². The van der Waals surface area contributed by atoms with Crippen molar-refractivity contribution in [3.8, 4) is 0 Å². The van der Waals surface area contributed by atoms with Gasteiger partial charge in [-0.2, -0.15) is 26.3 Å². The molecule has 0 unspecified atom stereocenters. The number of fused-ring (bicyclic) bond motifs is 1. The Labute approximate surface area is 203 Å². The predicted molar refractivity (Wildman–Crippen MR) is 112 cm³/mol. The molecule has 1 aliphatic rings. The minimum atomic E-state index is -5.08. The number of aliphatic carboxylic acids is 2. The van der Waals surface area contributed by atoms with Gasteiger partial charge in [-0.1, -0.05) is 5.16 Å². The van der Waals surface area contributed by atoms with Crippen molar-refractivity contribution in [2.75, 3.05) is 6.54 Å². The van der Waals surface area contributed by atoms with E-state index in [1.807, 2.05) is 12.1 Å². The molecule has 0 aliphatic carbocycles. The van der Waals surface area contributed by atoms with Gasteiger partial charge in [0.05, 0.1) is 17.2 Å². The number of nitrogens with zero attached hydrogens (tertiary/aromatic N) is 4. The number of alkyl halides is 6. The number of halogens is 6. The van der Waals surface area contributed by atoms with Crippen molar-refractivity contribution in [1.29, 1.82) is 0 Å². The van der Waals surface area contributed by atoms with Crippen LogP contribution >= 0.6 is 11.3 Å². The summed E-state index contributed by atoms with van der Waals surface area (Å²) in [7, 11) is 0. The highest BCUT2D eigenvalue weighted by Crippen LogP contribution is 2.24. The molecule has 3 aromatic heterocycles. The van der Waals surface area contributed by atoms with Crippen LogP contribution in [0.4, 0.5) is 26.3 Å². The molecule has 1 aliphatic heterocycles. The van der Waals surface area contributed by atoms with Gasteiger partial charge < -0.3 is 19.3 Å². The summed E-state index contributed by atoms with van der Waals surface area (Å²) >= 11 is 1.71. The van der Waals surface area contributed by atoms with Gasteiger partial charge >= 0.3 is 24.3 Å². The number of aryl methyl sites for hydroxylation is 1. The quantitative estimate of drug-likeness (QED) is 0.473. The van der Waals surface area contributed by atoms with Gasteiger partial charge in [-0.3, -0.25) is 4.90 Å². The molecule has 9 nitrogen and oxygen atoms in total. The summed E-state index contributed by atoms with van der Waals surface area (Å²) in [5.74, 6) is -4.46. The fraction of sp³-hybridized carbons (Fsp3) is 0.400. The van der Waals surface area contributed by atoms with Gasteiger partial charge in [-0.25, -0.2) is 14.6 Å². The first kappa shape index (κ1) is 28.8. The summed E-state index contributed by atoms with van der Waals surface area (Å²) in [4.78, 5) is 24.8. The SMILES string of the molecule is Cc1nc(CN2CCc3onc(Cn4cccc4)c3C2)cs1.O=C(O)C(F)(F)F.O=C(O)C(F)(F)F. The first-order valence-electron chi connectivity index (χ1n) is 9.97. The molecule has 2 N–H and O–H groups in total. The number of hydrogen-bond acceptors (Lipinski definition) is 7. The Hall–Kier alpha value is -3.40. The smallest absolute Gasteiger partial charge is 0.475 e. The third kappa shape index (κ3) is 8.99. The van der Waals surface area contributed by atoms with Crippen LogP contribution in [0.15, 0.2) is 34.4 Å². The zero-order chi connectivity index (χ0) is 27.1. The predicted octanol–water partition coefficient (Wildman–Crippen LogP) is 4.11. The summed E-state index contributed by atoms with van der Waals surface area (Å²) in [5.41, 5.74) is 3.46. The van der Waals surface area contributed by atoms with Gasteiger partial charge in [-0.05, 0) is 19.1 Å². The molecule has 36 heavy (non-hydrogen) atoms. The first-order valence-corrected chi connectivity index (χ1v) is 10.9. The van der Waals surface area contributed by atoms with Gasteiger partial charge in [0.25, 0.3) is 0 Å². The van der Waals surface area contributed by atoms with Gasteiger partial charge in [0.15, 0.2) is 0 Å². The molecule has 0 spiro atoms. The molecule has 0 aromatic carbocycles. The van der Waals surface area contributed by atoms with Crippen molar-refractivity contribution >= 4 is 23.3 Å². The number of carboxylic acid groups (broad SMARTS) is 2. The van der Waals surface area contributed by atoms with Gasteiger partial charge in [0.2, 0.25) is 0 Å². The maximum absolute atomic E-state index is 10.6. The summed E-state index contributed by atoms with van der Waals surface area (Å²) in [5, 5.41) is 21.8. The van der Waals surface area contributed by atoms with Gasteiger partial charge in [-0.15, -0.1) is 11.3 Å². The fourth-order valence-electron chi connectivity index (χ4n) is 2.94. The highest BCUT2D eigenvalue weighted by molar-refractivity contribution is 7.09. The Kier molecular flexibility index (Phi) is 9.63. The topological polar surface area (TPSA) is 122 Å². The van der Waals surface area contributed by atoms with E-state index in [9.17, 15) is 26.3 Å². The molecule has 0 atom stereocenters. The lowest BCUT2D eigenvalue weighted by atomic mass is 10.1. The lowest BCUT2D eigenvalue weighted by Crippen LogP contribution is -2.30. The van der Waals surface area contributed by atoms with E-state index in [0.29, 0.717) is 0 Å². The number of aromatic nitrogens is 3. The summed E-state index contributed by atoms with van der Waals surface area (Å²) in [6.07, 6.45) is -5.13. The molecule has 0 saturated carbocycles. The van der Waals surface area contributed by atoms with Crippen molar-refractivity contribution in [3.63, 3.8) is 0 Å². The van der Waals surface area contributed by atoms with Crippen LogP contribution in [-0.4, -0.2) is 60.7 Å². The molecule has 4 heterocycles. The molecular weight excluding hydrogens is 522 g/mol. The second kappa shape index (κ2) is 12.0. The van der Waals surface area contributed by atoms with Crippen molar-refractivity contribution < 1.29 is 50.7 Å². The van der Waals surface area contributed by atoms with E-state index in [0.717, 1.165) is 54.8 Å². The number of rotatable bonds is 4. The van der Waals surface area contributed by atoms with Crippen LogP contribution in [-0.2, 0) is 35.6 Å². The molecule has 0 fully saturated rings. The Morgan fingerprint density at radius 3 is 2.08 bits per heavy atom. The average Bonchev–Trinajstić information content (AvgIpc) is 3.51. The fourth-order valence-corrected chi connectivity index (χ4v) is 3.54. The summed E-state index contributed by atoms with van der Waals surface area (Å²) < 4.78 is 71.1. The lowest BCUT2D eigenvalue weighted by molar-refractivity contribution is -0.193. The molecule has 198 valence electrons. The third-order valence-electron chi connectivity index (χ3n) is 4.52. The Morgan fingerprint density at radius 1 is 1.06 bits per heavy atom. The van der Waals surface area contributed by atoms with Crippen LogP contribution < -0.4 is 0 Å². The average molecular weight is 542 g/mol. The minimum absolute atomic E-state index is 0.773. The Morgan fingerprint density at radius 2 is 1.61 bits per heavy atom. The normalized spacial score (nSPS) is 13.6. The molecule has 0 amide bonds. The van der Waals surface area contributed by atoms with E-state index in [4.69, 9.17) is 24.3 Å². The number of thiazole rings is 1. The Bertz CT molecular complexity index is 1120. The zero-order valence-corrected chi connectivity index (χ0v) is 19.3. The van der Waals surface area contributed by atoms with E-state index in [1.165, 1.54) is 5.56 Å². The second-order valence-corrected chi connectivity index (χ2v) is 8.37. The van der Waals surface area contributed by atoms with Crippen LogP contribution in [0.2, 0.25) is 0 Å². The maximum atomic E-state index is 10.6. The van der Waals surface area contributed by atoms with E-state index in [1.54, 1.807) is 11.3 Å². The third-order valence-corrected chi connectivity index (χ3v) is 5.35. The minimum Gasteiger partial charge on any atom is -0.475 e. The van der Waals surface area contributed by atoms with Gasteiger partial charge in [0, 0.05) is 49.4 Å². The van der Waals surface area contributed by atoms with Crippen molar-refractivity contribution in [1.82, 2.24) is 19.6 Å². The van der Waals surface area contributed by atoms with Crippen LogP contribution in [0.3, 0.4) is 0 Å². The van der Waals surface area contributed by atoms with E-state index in [2.05, 4.69) is 44.3 Å². The largest absolute Gasteiger partial charge is 0.490 e. The summed E-state index contributed by atoms with van der Waals surface area (Å²) in [6.45, 7) is 5.62. The second-order valence-electron chi connectivity index (χ2n) is 7.31. The molecule has 16 heteroatoms. The van der Waals surface area contributed by atoms with E-state index < -0.39 is 24.3 Å². The molecule has 3 aromatic rings. The van der Waals surface area contributed by atoms with Crippen molar-refractivity contribution in [3.05, 3.63) is 57.6 Å². The number of carbonyl (C=O) groups is 2. The first-order chi connectivity index (χ1) is 16.7. The van der Waals surface area contributed by atoms with Crippen LogP contribution in [0, 0.1) is 6.92 Å². The van der Waals surface area contributed by atoms with Crippen LogP contribution in [0.5, 0.6) is 0 Å². The standard InChI is InChI=1S/C16H18N4OS.2C2HF3O2/c1-12-17-13(11-22-12)8-20-7-4-16-14(9-20)15(18-21-16)10-19-5-2-3-6-19;2*3-2(4,5)1(6)7/h2-3,5-6,11H,4,7-10H2,1H3;2*(H,6,7).